The summed E-state index contributed by atoms with van der Waals surface area (Å²) in [5.41, 5.74) is 7.65. The van der Waals surface area contributed by atoms with Gasteiger partial charge in [0, 0.05) is 12.6 Å². The van der Waals surface area contributed by atoms with Gasteiger partial charge < -0.3 is 15.8 Å². The number of carbonyl (C=O) groups is 1. The molecule has 0 saturated heterocycles. The fourth-order valence-corrected chi connectivity index (χ4v) is 1.54. The molecule has 0 fully saturated rings. The van der Waals surface area contributed by atoms with Crippen molar-refractivity contribution in [1.29, 1.82) is 0 Å². The molecule has 1 rings (SSSR count). The first kappa shape index (κ1) is 13.5. The lowest BCUT2D eigenvalue weighted by atomic mass is 10.1. The number of hydrogen-bond donors (Lipinski definition) is 2. The second-order valence-electron chi connectivity index (χ2n) is 4.32. The maximum Gasteiger partial charge on any atom is 0.258 e. The number of ether oxygens (including phenoxy) is 1. The fraction of sp³-hybridized carbons (Fsp3) is 0.462. The van der Waals surface area contributed by atoms with Gasteiger partial charge in [-0.05, 0) is 44.0 Å². The number of benzene rings is 1. The summed E-state index contributed by atoms with van der Waals surface area (Å²) in [6.07, 6.45) is 0. The van der Waals surface area contributed by atoms with Crippen molar-refractivity contribution < 1.29 is 9.53 Å². The SMILES string of the molecule is Cc1cc(C)cc(OCC(=O)NC(C)CN)c1. The maximum absolute atomic E-state index is 11.5. The molecule has 0 radical (unpaired) electrons. The summed E-state index contributed by atoms with van der Waals surface area (Å²) in [4.78, 5) is 11.5. The molecule has 17 heavy (non-hydrogen) atoms. The van der Waals surface area contributed by atoms with Crippen molar-refractivity contribution in [2.75, 3.05) is 13.2 Å². The zero-order valence-corrected chi connectivity index (χ0v) is 10.6. The average Bonchev–Trinajstić information content (AvgIpc) is 2.25. The highest BCUT2D eigenvalue weighted by molar-refractivity contribution is 5.77. The van der Waals surface area contributed by atoms with Crippen LogP contribution in [0.25, 0.3) is 0 Å². The predicted molar refractivity (Wildman–Crippen MR) is 68.1 cm³/mol. The molecule has 0 aliphatic rings. The third kappa shape index (κ3) is 4.87. The van der Waals surface area contributed by atoms with Crippen molar-refractivity contribution in [2.24, 2.45) is 5.73 Å². The van der Waals surface area contributed by atoms with Crippen LogP contribution in [0, 0.1) is 13.8 Å². The molecule has 0 saturated carbocycles. The first-order valence-corrected chi connectivity index (χ1v) is 5.72. The highest BCUT2D eigenvalue weighted by atomic mass is 16.5. The smallest absolute Gasteiger partial charge is 0.258 e. The van der Waals surface area contributed by atoms with Gasteiger partial charge in [-0.1, -0.05) is 6.07 Å². The third-order valence-electron chi connectivity index (χ3n) is 2.33. The van der Waals surface area contributed by atoms with Gasteiger partial charge in [0.2, 0.25) is 0 Å². The highest BCUT2D eigenvalue weighted by Gasteiger charge is 2.06. The minimum absolute atomic E-state index is 0.0211. The van der Waals surface area contributed by atoms with Crippen LogP contribution in [0.3, 0.4) is 0 Å². The molecule has 0 aromatic heterocycles. The van der Waals surface area contributed by atoms with Crippen LogP contribution in [-0.2, 0) is 4.79 Å². The molecule has 1 aromatic carbocycles. The highest BCUT2D eigenvalue weighted by Crippen LogP contribution is 2.15. The van der Waals surface area contributed by atoms with Gasteiger partial charge in [0.15, 0.2) is 6.61 Å². The van der Waals surface area contributed by atoms with Crippen molar-refractivity contribution >= 4 is 5.91 Å². The summed E-state index contributed by atoms with van der Waals surface area (Å²) in [5.74, 6) is 0.570. The van der Waals surface area contributed by atoms with Crippen LogP contribution >= 0.6 is 0 Å². The second kappa shape index (κ2) is 6.25. The van der Waals surface area contributed by atoms with E-state index >= 15 is 0 Å². The average molecular weight is 236 g/mol. The zero-order chi connectivity index (χ0) is 12.8. The number of nitrogens with two attached hydrogens (primary N) is 1. The predicted octanol–water partition coefficient (Wildman–Crippen LogP) is 1.15. The molecule has 1 unspecified atom stereocenters. The van der Waals surface area contributed by atoms with Crippen LogP contribution in [0.5, 0.6) is 5.75 Å². The molecular formula is C13H20N2O2. The number of hydrogen-bond acceptors (Lipinski definition) is 3. The molecule has 1 amide bonds. The summed E-state index contributed by atoms with van der Waals surface area (Å²) < 4.78 is 5.42. The molecule has 0 aliphatic carbocycles. The summed E-state index contributed by atoms with van der Waals surface area (Å²) in [5, 5.41) is 2.74. The molecule has 0 heterocycles. The van der Waals surface area contributed by atoms with E-state index in [2.05, 4.69) is 11.4 Å². The number of carbonyl (C=O) groups excluding carboxylic acids is 1. The Morgan fingerprint density at radius 3 is 2.47 bits per heavy atom. The van der Waals surface area contributed by atoms with E-state index in [1.165, 1.54) is 0 Å². The Morgan fingerprint density at radius 2 is 1.94 bits per heavy atom. The summed E-state index contributed by atoms with van der Waals surface area (Å²) >= 11 is 0. The minimum atomic E-state index is -0.151. The number of nitrogens with one attached hydrogen (secondary N) is 1. The quantitative estimate of drug-likeness (QED) is 0.806. The van der Waals surface area contributed by atoms with E-state index in [9.17, 15) is 4.79 Å². The first-order valence-electron chi connectivity index (χ1n) is 5.72. The van der Waals surface area contributed by atoms with Crippen LogP contribution in [-0.4, -0.2) is 25.1 Å². The molecule has 1 atom stereocenters. The van der Waals surface area contributed by atoms with Gasteiger partial charge in [0.05, 0.1) is 0 Å². The van der Waals surface area contributed by atoms with Crippen molar-refractivity contribution in [3.05, 3.63) is 29.3 Å². The molecule has 4 heteroatoms. The van der Waals surface area contributed by atoms with E-state index in [0.29, 0.717) is 6.54 Å². The Bertz CT molecular complexity index is 371. The molecule has 4 nitrogen and oxygen atoms in total. The van der Waals surface area contributed by atoms with Gasteiger partial charge in [0.1, 0.15) is 5.75 Å². The zero-order valence-electron chi connectivity index (χ0n) is 10.6. The van der Waals surface area contributed by atoms with Crippen LogP contribution in [0.4, 0.5) is 0 Å². The Labute approximate surface area is 102 Å². The van der Waals surface area contributed by atoms with Crippen molar-refractivity contribution in [3.63, 3.8) is 0 Å². The van der Waals surface area contributed by atoms with Gasteiger partial charge in [-0.3, -0.25) is 4.79 Å². The molecule has 0 bridgehead atoms. The van der Waals surface area contributed by atoms with Gasteiger partial charge in [-0.2, -0.15) is 0 Å². The van der Waals surface area contributed by atoms with Crippen molar-refractivity contribution in [2.45, 2.75) is 26.8 Å². The molecule has 94 valence electrons. The van der Waals surface area contributed by atoms with Crippen LogP contribution in [0.1, 0.15) is 18.1 Å². The Balaban J connectivity index is 2.47. The molecule has 0 aliphatic heterocycles. The van der Waals surface area contributed by atoms with E-state index in [4.69, 9.17) is 10.5 Å². The lowest BCUT2D eigenvalue weighted by Crippen LogP contribution is -2.40. The van der Waals surface area contributed by atoms with Gasteiger partial charge in [-0.15, -0.1) is 0 Å². The lowest BCUT2D eigenvalue weighted by molar-refractivity contribution is -0.123. The number of aryl methyl sites for hydroxylation is 2. The first-order chi connectivity index (χ1) is 8.01. The largest absolute Gasteiger partial charge is 0.484 e. The van der Waals surface area contributed by atoms with Gasteiger partial charge >= 0.3 is 0 Å². The molecule has 1 aromatic rings. The van der Waals surface area contributed by atoms with Gasteiger partial charge in [0.25, 0.3) is 5.91 Å². The minimum Gasteiger partial charge on any atom is -0.484 e. The third-order valence-corrected chi connectivity index (χ3v) is 2.33. The van der Waals surface area contributed by atoms with E-state index in [-0.39, 0.29) is 18.6 Å². The van der Waals surface area contributed by atoms with E-state index in [1.54, 1.807) is 0 Å². The molecule has 0 spiro atoms. The topological polar surface area (TPSA) is 64.3 Å². The van der Waals surface area contributed by atoms with Gasteiger partial charge in [-0.25, -0.2) is 0 Å². The van der Waals surface area contributed by atoms with E-state index in [0.717, 1.165) is 16.9 Å². The normalized spacial score (nSPS) is 12.0. The summed E-state index contributed by atoms with van der Waals surface area (Å²) in [7, 11) is 0. The van der Waals surface area contributed by atoms with E-state index in [1.807, 2.05) is 32.9 Å². The Morgan fingerprint density at radius 1 is 1.35 bits per heavy atom. The maximum atomic E-state index is 11.5. The van der Waals surface area contributed by atoms with Crippen LogP contribution in [0.15, 0.2) is 18.2 Å². The Hall–Kier alpha value is -1.55. The second-order valence-corrected chi connectivity index (χ2v) is 4.32. The lowest BCUT2D eigenvalue weighted by Gasteiger charge is -2.12. The fourth-order valence-electron chi connectivity index (χ4n) is 1.54. The van der Waals surface area contributed by atoms with Crippen molar-refractivity contribution in [3.8, 4) is 5.75 Å². The van der Waals surface area contributed by atoms with Crippen LogP contribution in [0.2, 0.25) is 0 Å². The Kier molecular flexibility index (Phi) is 4.97. The van der Waals surface area contributed by atoms with Crippen molar-refractivity contribution in [1.82, 2.24) is 5.32 Å². The monoisotopic (exact) mass is 236 g/mol. The number of rotatable bonds is 5. The summed E-state index contributed by atoms with van der Waals surface area (Å²) in [6, 6.07) is 5.85. The number of amides is 1. The molecular weight excluding hydrogens is 216 g/mol. The van der Waals surface area contributed by atoms with Crippen LogP contribution < -0.4 is 15.8 Å². The molecule has 3 N–H and O–H groups in total. The standard InChI is InChI=1S/C13H20N2O2/c1-9-4-10(2)6-12(5-9)17-8-13(16)15-11(3)7-14/h4-6,11H,7-8,14H2,1-3H3,(H,15,16). The van der Waals surface area contributed by atoms with E-state index < -0.39 is 0 Å². The summed E-state index contributed by atoms with van der Waals surface area (Å²) in [6.45, 7) is 6.30.